The number of rotatable bonds is 5. The summed E-state index contributed by atoms with van der Waals surface area (Å²) < 4.78 is 0. The van der Waals surface area contributed by atoms with Crippen LogP contribution in [0.2, 0.25) is 5.02 Å². The van der Waals surface area contributed by atoms with Crippen molar-refractivity contribution in [3.05, 3.63) is 34.9 Å². The molecular formula is C18H24ClNO2. The highest BCUT2D eigenvalue weighted by Crippen LogP contribution is 2.35. The molecule has 1 aliphatic carbocycles. The number of aliphatic hydroxyl groups is 1. The van der Waals surface area contributed by atoms with E-state index in [1.54, 1.807) is 6.92 Å². The smallest absolute Gasteiger partial charge is 0.144 e. The monoisotopic (exact) mass is 321 g/mol. The zero-order chi connectivity index (χ0) is 16.1. The first-order valence-corrected chi connectivity index (χ1v) is 8.36. The van der Waals surface area contributed by atoms with Gasteiger partial charge in [-0.2, -0.15) is 0 Å². The lowest BCUT2D eigenvalue weighted by Crippen LogP contribution is -2.30. The fourth-order valence-corrected chi connectivity index (χ4v) is 3.26. The van der Waals surface area contributed by atoms with Crippen molar-refractivity contribution in [2.45, 2.75) is 57.6 Å². The van der Waals surface area contributed by atoms with E-state index in [4.69, 9.17) is 16.6 Å². The van der Waals surface area contributed by atoms with E-state index in [9.17, 15) is 9.90 Å². The second kappa shape index (κ2) is 7.89. The Balaban J connectivity index is 2.31. The molecule has 1 aliphatic rings. The fourth-order valence-electron chi connectivity index (χ4n) is 2.99. The van der Waals surface area contributed by atoms with Gasteiger partial charge in [0.2, 0.25) is 0 Å². The van der Waals surface area contributed by atoms with E-state index in [1.807, 2.05) is 31.2 Å². The van der Waals surface area contributed by atoms with Gasteiger partial charge in [0.15, 0.2) is 0 Å². The van der Waals surface area contributed by atoms with Gasteiger partial charge >= 0.3 is 0 Å². The van der Waals surface area contributed by atoms with Gasteiger partial charge in [-0.15, -0.1) is 0 Å². The molecule has 0 bridgehead atoms. The molecule has 4 unspecified atom stereocenters. The van der Waals surface area contributed by atoms with Crippen LogP contribution in [-0.4, -0.2) is 29.3 Å². The van der Waals surface area contributed by atoms with Crippen molar-refractivity contribution in [3.63, 3.8) is 0 Å². The number of carbonyl (C=O) groups excluding carboxylic acids is 1. The molecule has 0 radical (unpaired) electrons. The van der Waals surface area contributed by atoms with E-state index >= 15 is 0 Å². The molecule has 0 aliphatic heterocycles. The maximum Gasteiger partial charge on any atom is 0.144 e. The topological polar surface area (TPSA) is 49.7 Å². The highest BCUT2D eigenvalue weighted by atomic mass is 35.5. The van der Waals surface area contributed by atoms with Gasteiger partial charge in [0.25, 0.3) is 0 Å². The van der Waals surface area contributed by atoms with E-state index in [0.29, 0.717) is 0 Å². The van der Waals surface area contributed by atoms with Gasteiger partial charge in [0, 0.05) is 22.6 Å². The number of halogens is 1. The third-order valence-corrected chi connectivity index (χ3v) is 4.96. The average molecular weight is 322 g/mol. The van der Waals surface area contributed by atoms with E-state index in [2.05, 4.69) is 0 Å². The first kappa shape index (κ1) is 17.2. The Morgan fingerprint density at radius 2 is 2.05 bits per heavy atom. The molecule has 1 fully saturated rings. The van der Waals surface area contributed by atoms with Gasteiger partial charge in [-0.25, -0.2) is 0 Å². The van der Waals surface area contributed by atoms with Gasteiger partial charge in [-0.3, -0.25) is 4.99 Å². The number of carbonyl (C=O) groups is 1. The zero-order valence-corrected chi connectivity index (χ0v) is 14.0. The first-order chi connectivity index (χ1) is 10.5. The van der Waals surface area contributed by atoms with Crippen molar-refractivity contribution < 1.29 is 9.90 Å². The zero-order valence-electron chi connectivity index (χ0n) is 13.2. The molecule has 120 valence electrons. The van der Waals surface area contributed by atoms with E-state index in [0.717, 1.165) is 48.3 Å². The van der Waals surface area contributed by atoms with Crippen LogP contribution < -0.4 is 0 Å². The van der Waals surface area contributed by atoms with Crippen LogP contribution in [0.1, 0.15) is 51.0 Å². The number of hydrogen-bond donors (Lipinski definition) is 1. The van der Waals surface area contributed by atoms with Gasteiger partial charge in [0.1, 0.15) is 12.3 Å². The van der Waals surface area contributed by atoms with Crippen LogP contribution in [0.4, 0.5) is 0 Å². The summed E-state index contributed by atoms with van der Waals surface area (Å²) in [5.41, 5.74) is 2.14. The first-order valence-electron chi connectivity index (χ1n) is 7.99. The standard InChI is InChI=1S/C18H24ClNO2/c1-12(13(2)22)18(11-21)20-17-10-6-4-8-15(17)14-7-3-5-9-16(14)19/h3,5,7,9,11-13,15,18,22H,4,6,8,10H2,1-2H3. The Bertz CT molecular complexity index is 542. The van der Waals surface area contributed by atoms with Gasteiger partial charge in [-0.05, 0) is 37.8 Å². The third kappa shape index (κ3) is 3.96. The molecule has 2 rings (SSSR count). The summed E-state index contributed by atoms with van der Waals surface area (Å²) >= 11 is 6.34. The van der Waals surface area contributed by atoms with Crippen LogP contribution in [0, 0.1) is 5.92 Å². The second-order valence-electron chi connectivity index (χ2n) is 6.17. The molecule has 0 saturated heterocycles. The summed E-state index contributed by atoms with van der Waals surface area (Å²) in [5, 5.41) is 10.5. The van der Waals surface area contributed by atoms with Crippen LogP contribution in [0.15, 0.2) is 29.3 Å². The minimum absolute atomic E-state index is 0.182. The number of aliphatic imine (C=N–C) groups is 1. The fraction of sp³-hybridized carbons (Fsp3) is 0.556. The molecule has 4 heteroatoms. The van der Waals surface area contributed by atoms with Crippen molar-refractivity contribution in [1.29, 1.82) is 0 Å². The summed E-state index contributed by atoms with van der Waals surface area (Å²) in [6.07, 6.45) is 4.44. The molecule has 0 heterocycles. The van der Waals surface area contributed by atoms with Gasteiger partial charge in [0.05, 0.1) is 6.10 Å². The Morgan fingerprint density at radius 1 is 1.32 bits per heavy atom. The van der Waals surface area contributed by atoms with Crippen LogP contribution in [0.3, 0.4) is 0 Å². The maximum absolute atomic E-state index is 11.4. The maximum atomic E-state index is 11.4. The lowest BCUT2D eigenvalue weighted by atomic mass is 9.82. The van der Waals surface area contributed by atoms with E-state index in [1.165, 1.54) is 0 Å². The van der Waals surface area contributed by atoms with Crippen LogP contribution in [0.25, 0.3) is 0 Å². The average Bonchev–Trinajstić information content (AvgIpc) is 2.53. The molecule has 1 aromatic carbocycles. The van der Waals surface area contributed by atoms with Crippen molar-refractivity contribution in [1.82, 2.24) is 0 Å². The molecule has 0 amide bonds. The molecule has 4 atom stereocenters. The third-order valence-electron chi connectivity index (χ3n) is 4.61. The predicted molar refractivity (Wildman–Crippen MR) is 90.8 cm³/mol. The molecule has 0 aromatic heterocycles. The van der Waals surface area contributed by atoms with Crippen molar-refractivity contribution in [2.75, 3.05) is 0 Å². The molecule has 3 nitrogen and oxygen atoms in total. The number of aliphatic hydroxyl groups excluding tert-OH is 1. The van der Waals surface area contributed by atoms with Gasteiger partial charge in [-0.1, -0.05) is 43.1 Å². The SMILES string of the molecule is CC(O)C(C)C(C=O)N=C1CCCCC1c1ccccc1Cl. The lowest BCUT2D eigenvalue weighted by Gasteiger charge is -2.28. The van der Waals surface area contributed by atoms with Crippen molar-refractivity contribution in [2.24, 2.45) is 10.9 Å². The van der Waals surface area contributed by atoms with Crippen LogP contribution in [-0.2, 0) is 4.79 Å². The lowest BCUT2D eigenvalue weighted by molar-refractivity contribution is -0.110. The van der Waals surface area contributed by atoms with Crippen molar-refractivity contribution >= 4 is 23.6 Å². The highest BCUT2D eigenvalue weighted by Gasteiger charge is 2.27. The number of benzene rings is 1. The summed E-state index contributed by atoms with van der Waals surface area (Å²) in [5.74, 6) is 0.00456. The molecular weight excluding hydrogens is 298 g/mol. The highest BCUT2D eigenvalue weighted by molar-refractivity contribution is 6.31. The van der Waals surface area contributed by atoms with Crippen LogP contribution in [0.5, 0.6) is 0 Å². The number of aldehydes is 1. The van der Waals surface area contributed by atoms with Crippen LogP contribution >= 0.6 is 11.6 Å². The summed E-state index contributed by atoms with van der Waals surface area (Å²) in [7, 11) is 0. The Labute approximate surface area is 137 Å². The molecule has 1 saturated carbocycles. The Hall–Kier alpha value is -1.19. The Kier molecular flexibility index (Phi) is 6.16. The molecule has 1 aromatic rings. The minimum Gasteiger partial charge on any atom is -0.393 e. The summed E-state index contributed by atoms with van der Waals surface area (Å²) in [6.45, 7) is 3.56. The second-order valence-corrected chi connectivity index (χ2v) is 6.57. The Morgan fingerprint density at radius 3 is 2.68 bits per heavy atom. The molecule has 22 heavy (non-hydrogen) atoms. The predicted octanol–water partition coefficient (Wildman–Crippen LogP) is 4.02. The number of hydrogen-bond acceptors (Lipinski definition) is 3. The largest absolute Gasteiger partial charge is 0.393 e. The molecule has 1 N–H and O–H groups in total. The summed E-state index contributed by atoms with van der Waals surface area (Å²) in [6, 6.07) is 7.37. The summed E-state index contributed by atoms with van der Waals surface area (Å²) in [4.78, 5) is 16.1. The van der Waals surface area contributed by atoms with Crippen molar-refractivity contribution in [3.8, 4) is 0 Å². The molecule has 0 spiro atoms. The minimum atomic E-state index is -0.554. The van der Waals surface area contributed by atoms with Gasteiger partial charge < -0.3 is 9.90 Å². The number of nitrogens with zero attached hydrogens (tertiary/aromatic N) is 1. The normalized spacial score (nSPS) is 24.7. The van der Waals surface area contributed by atoms with E-state index in [-0.39, 0.29) is 11.8 Å². The van der Waals surface area contributed by atoms with E-state index < -0.39 is 12.1 Å². The quantitative estimate of drug-likeness (QED) is 0.833.